The molecule has 0 spiro atoms. The van der Waals surface area contributed by atoms with Crippen molar-refractivity contribution in [2.75, 3.05) is 0 Å². The van der Waals surface area contributed by atoms with Gasteiger partial charge in [-0.3, -0.25) is 0 Å². The Morgan fingerprint density at radius 1 is 1.05 bits per heavy atom. The van der Waals surface area contributed by atoms with E-state index in [0.717, 1.165) is 16.7 Å². The first-order chi connectivity index (χ1) is 9.38. The van der Waals surface area contributed by atoms with E-state index >= 15 is 0 Å². The molecule has 0 fully saturated rings. The Kier molecular flexibility index (Phi) is 4.03. The molecule has 0 unspecified atom stereocenters. The summed E-state index contributed by atoms with van der Waals surface area (Å²) in [5.74, 6) is 0.804. The van der Waals surface area contributed by atoms with Gasteiger partial charge in [0.05, 0.1) is 0 Å². The molecule has 2 aromatic rings. The van der Waals surface area contributed by atoms with Crippen LogP contribution >= 0.6 is 0 Å². The molecule has 0 saturated heterocycles. The summed E-state index contributed by atoms with van der Waals surface area (Å²) in [6.45, 7) is 8.74. The van der Waals surface area contributed by atoms with Crippen molar-refractivity contribution in [3.63, 3.8) is 0 Å². The predicted octanol–water partition coefficient (Wildman–Crippen LogP) is 4.58. The van der Waals surface area contributed by atoms with E-state index in [1.807, 2.05) is 49.4 Å². The molecular formula is C18H22O2. The molecule has 0 atom stereocenters. The van der Waals surface area contributed by atoms with Crippen molar-refractivity contribution >= 4 is 0 Å². The molecule has 2 nitrogen and oxygen atoms in total. The predicted molar refractivity (Wildman–Crippen MR) is 82.3 cm³/mol. The highest BCUT2D eigenvalue weighted by Gasteiger charge is 2.21. The summed E-state index contributed by atoms with van der Waals surface area (Å²) >= 11 is 0. The Bertz CT molecular complexity index is 580. The van der Waals surface area contributed by atoms with E-state index < -0.39 is 0 Å². The van der Waals surface area contributed by atoms with E-state index in [0.29, 0.717) is 12.4 Å². The summed E-state index contributed by atoms with van der Waals surface area (Å²) in [5, 5.41) is 10.4. The molecule has 0 saturated carbocycles. The highest BCUT2D eigenvalue weighted by atomic mass is 16.5. The molecule has 2 rings (SSSR count). The fourth-order valence-electron chi connectivity index (χ4n) is 2.16. The van der Waals surface area contributed by atoms with Gasteiger partial charge in [-0.15, -0.1) is 0 Å². The van der Waals surface area contributed by atoms with E-state index in [1.54, 1.807) is 0 Å². The standard InChI is InChI=1S/C18H22O2/c1-13-10-15(18(2,3)4)17(19)16(11-13)20-12-14-8-6-5-7-9-14/h5-11,19H,12H2,1-4H3. The first-order valence-electron chi connectivity index (χ1n) is 6.89. The summed E-state index contributed by atoms with van der Waals surface area (Å²) in [5.41, 5.74) is 2.99. The zero-order valence-electron chi connectivity index (χ0n) is 12.6. The second-order valence-corrected chi connectivity index (χ2v) is 6.18. The van der Waals surface area contributed by atoms with Gasteiger partial charge in [0.1, 0.15) is 6.61 Å². The van der Waals surface area contributed by atoms with Crippen LogP contribution in [0.2, 0.25) is 0 Å². The van der Waals surface area contributed by atoms with Gasteiger partial charge in [-0.2, -0.15) is 0 Å². The number of rotatable bonds is 3. The normalized spacial score (nSPS) is 11.4. The lowest BCUT2D eigenvalue weighted by atomic mass is 9.85. The van der Waals surface area contributed by atoms with Gasteiger partial charge >= 0.3 is 0 Å². The van der Waals surface area contributed by atoms with E-state index in [-0.39, 0.29) is 11.2 Å². The largest absolute Gasteiger partial charge is 0.504 e. The molecule has 20 heavy (non-hydrogen) atoms. The third-order valence-corrected chi connectivity index (χ3v) is 3.26. The Morgan fingerprint density at radius 3 is 2.30 bits per heavy atom. The van der Waals surface area contributed by atoms with Crippen LogP contribution in [0.15, 0.2) is 42.5 Å². The number of hydrogen-bond acceptors (Lipinski definition) is 2. The van der Waals surface area contributed by atoms with Crippen molar-refractivity contribution in [2.24, 2.45) is 0 Å². The molecule has 0 aliphatic heterocycles. The maximum atomic E-state index is 10.4. The van der Waals surface area contributed by atoms with E-state index in [1.165, 1.54) is 0 Å². The monoisotopic (exact) mass is 270 g/mol. The van der Waals surface area contributed by atoms with Crippen molar-refractivity contribution in [3.05, 3.63) is 59.2 Å². The quantitative estimate of drug-likeness (QED) is 0.884. The highest BCUT2D eigenvalue weighted by Crippen LogP contribution is 2.38. The second kappa shape index (κ2) is 5.58. The van der Waals surface area contributed by atoms with Crippen molar-refractivity contribution < 1.29 is 9.84 Å². The van der Waals surface area contributed by atoms with Gasteiger partial charge in [0.25, 0.3) is 0 Å². The summed E-state index contributed by atoms with van der Waals surface area (Å²) in [6.07, 6.45) is 0. The molecule has 0 heterocycles. The third kappa shape index (κ3) is 3.32. The Morgan fingerprint density at radius 2 is 1.70 bits per heavy atom. The lowest BCUT2D eigenvalue weighted by Gasteiger charge is -2.22. The average molecular weight is 270 g/mol. The van der Waals surface area contributed by atoms with Crippen LogP contribution in [0.25, 0.3) is 0 Å². The van der Waals surface area contributed by atoms with Crippen LogP contribution in [0.4, 0.5) is 0 Å². The molecular weight excluding hydrogens is 248 g/mol. The molecule has 0 amide bonds. The summed E-state index contributed by atoms with van der Waals surface area (Å²) in [6, 6.07) is 13.9. The zero-order chi connectivity index (χ0) is 14.8. The number of phenols is 1. The van der Waals surface area contributed by atoms with Gasteiger partial charge < -0.3 is 9.84 Å². The van der Waals surface area contributed by atoms with Crippen LogP contribution < -0.4 is 4.74 Å². The minimum absolute atomic E-state index is 0.110. The number of aryl methyl sites for hydroxylation is 1. The molecule has 2 heteroatoms. The minimum Gasteiger partial charge on any atom is -0.504 e. The smallest absolute Gasteiger partial charge is 0.162 e. The van der Waals surface area contributed by atoms with Crippen LogP contribution in [0.3, 0.4) is 0 Å². The maximum Gasteiger partial charge on any atom is 0.162 e. The second-order valence-electron chi connectivity index (χ2n) is 6.18. The summed E-state index contributed by atoms with van der Waals surface area (Å²) in [7, 11) is 0. The van der Waals surface area contributed by atoms with Crippen LogP contribution in [0, 0.1) is 6.92 Å². The first-order valence-corrected chi connectivity index (χ1v) is 6.89. The molecule has 1 N–H and O–H groups in total. The van der Waals surface area contributed by atoms with Gasteiger partial charge in [0.2, 0.25) is 0 Å². The lowest BCUT2D eigenvalue weighted by Crippen LogP contribution is -2.12. The topological polar surface area (TPSA) is 29.5 Å². The number of phenolic OH excluding ortho intramolecular Hbond substituents is 1. The minimum atomic E-state index is -0.110. The van der Waals surface area contributed by atoms with E-state index in [4.69, 9.17) is 4.74 Å². The van der Waals surface area contributed by atoms with Crippen molar-refractivity contribution in [1.82, 2.24) is 0 Å². The van der Waals surface area contributed by atoms with Crippen molar-refractivity contribution in [1.29, 1.82) is 0 Å². The molecule has 0 aliphatic rings. The van der Waals surface area contributed by atoms with Gasteiger partial charge in [-0.25, -0.2) is 0 Å². The van der Waals surface area contributed by atoms with Crippen molar-refractivity contribution in [2.45, 2.75) is 39.7 Å². The highest BCUT2D eigenvalue weighted by molar-refractivity contribution is 5.51. The van der Waals surface area contributed by atoms with Gasteiger partial charge in [0, 0.05) is 5.56 Å². The molecule has 106 valence electrons. The van der Waals surface area contributed by atoms with Crippen LogP contribution in [0.5, 0.6) is 11.5 Å². The maximum absolute atomic E-state index is 10.4. The SMILES string of the molecule is Cc1cc(OCc2ccccc2)c(O)c(C(C)(C)C)c1. The zero-order valence-corrected chi connectivity index (χ0v) is 12.6. The Hall–Kier alpha value is -1.96. The number of benzene rings is 2. The molecule has 0 bridgehead atoms. The first kappa shape index (κ1) is 14.4. The molecule has 0 aliphatic carbocycles. The number of ether oxygens (including phenoxy) is 1. The van der Waals surface area contributed by atoms with E-state index in [2.05, 4.69) is 20.8 Å². The summed E-state index contributed by atoms with van der Waals surface area (Å²) < 4.78 is 5.79. The van der Waals surface area contributed by atoms with Gasteiger partial charge in [-0.1, -0.05) is 57.2 Å². The summed E-state index contributed by atoms with van der Waals surface area (Å²) in [4.78, 5) is 0. The van der Waals surface area contributed by atoms with Crippen LogP contribution in [0.1, 0.15) is 37.5 Å². The van der Waals surface area contributed by atoms with Gasteiger partial charge in [-0.05, 0) is 29.5 Å². The molecule has 0 radical (unpaired) electrons. The van der Waals surface area contributed by atoms with Gasteiger partial charge in [0.15, 0.2) is 11.5 Å². The molecule has 0 aromatic heterocycles. The van der Waals surface area contributed by atoms with E-state index in [9.17, 15) is 5.11 Å². The number of aromatic hydroxyl groups is 1. The average Bonchev–Trinajstić information content (AvgIpc) is 2.39. The fraction of sp³-hybridized carbons (Fsp3) is 0.333. The third-order valence-electron chi connectivity index (χ3n) is 3.26. The molecule has 2 aromatic carbocycles. The fourth-order valence-corrected chi connectivity index (χ4v) is 2.16. The lowest BCUT2D eigenvalue weighted by molar-refractivity contribution is 0.286. The Balaban J connectivity index is 2.26. The van der Waals surface area contributed by atoms with Crippen LogP contribution in [-0.4, -0.2) is 5.11 Å². The Labute approximate surface area is 121 Å². The van der Waals surface area contributed by atoms with Crippen LogP contribution in [-0.2, 0) is 12.0 Å². The number of hydrogen-bond donors (Lipinski definition) is 1. The van der Waals surface area contributed by atoms with Crippen molar-refractivity contribution in [3.8, 4) is 11.5 Å².